The zero-order chi connectivity index (χ0) is 15.8. The van der Waals surface area contributed by atoms with Crippen LogP contribution in [0, 0.1) is 0 Å². The van der Waals surface area contributed by atoms with Crippen LogP contribution in [0.5, 0.6) is 0 Å². The van der Waals surface area contributed by atoms with Crippen molar-refractivity contribution in [3.8, 4) is 0 Å². The van der Waals surface area contributed by atoms with E-state index in [-0.39, 0.29) is 5.91 Å². The van der Waals surface area contributed by atoms with Gasteiger partial charge in [-0.25, -0.2) is 4.79 Å². The topological polar surface area (TPSA) is 88.0 Å². The number of aromatic nitrogens is 2. The van der Waals surface area contributed by atoms with Crippen molar-refractivity contribution < 1.29 is 9.21 Å². The van der Waals surface area contributed by atoms with E-state index in [1.54, 1.807) is 42.6 Å². The first-order valence-corrected chi connectivity index (χ1v) is 6.99. The van der Waals surface area contributed by atoms with Crippen LogP contribution in [-0.2, 0) is 0 Å². The molecular formula is C17H11N3O3. The lowest BCUT2D eigenvalue weighted by molar-refractivity contribution is 0.102. The van der Waals surface area contributed by atoms with Crippen molar-refractivity contribution in [1.29, 1.82) is 0 Å². The van der Waals surface area contributed by atoms with Crippen molar-refractivity contribution in [2.24, 2.45) is 0 Å². The summed E-state index contributed by atoms with van der Waals surface area (Å²) in [6.45, 7) is 0. The van der Waals surface area contributed by atoms with Crippen LogP contribution < -0.4 is 11.1 Å². The van der Waals surface area contributed by atoms with Gasteiger partial charge in [-0.2, -0.15) is 0 Å². The summed E-state index contributed by atoms with van der Waals surface area (Å²) in [5.74, 6) is -0.774. The number of carbonyl (C=O) groups excluding carboxylic acids is 1. The maximum absolute atomic E-state index is 12.5. The fourth-order valence-electron chi connectivity index (χ4n) is 2.52. The Balaban J connectivity index is 1.71. The molecule has 4 aromatic rings. The molecular weight excluding hydrogens is 294 g/mol. The molecule has 0 saturated heterocycles. The van der Waals surface area contributed by atoms with Gasteiger partial charge in [0.15, 0.2) is 5.58 Å². The molecule has 0 aliphatic carbocycles. The average Bonchev–Trinajstić information content (AvgIpc) is 2.93. The van der Waals surface area contributed by atoms with E-state index in [0.717, 1.165) is 10.9 Å². The molecule has 0 aliphatic heterocycles. The second-order valence-corrected chi connectivity index (χ2v) is 5.06. The number of pyridine rings is 1. The molecule has 0 bridgehead atoms. The first-order valence-electron chi connectivity index (χ1n) is 6.99. The van der Waals surface area contributed by atoms with Crippen molar-refractivity contribution in [3.63, 3.8) is 0 Å². The molecule has 0 saturated carbocycles. The van der Waals surface area contributed by atoms with Gasteiger partial charge < -0.3 is 9.73 Å². The molecule has 2 aromatic carbocycles. The number of nitrogens with zero attached hydrogens (tertiary/aromatic N) is 1. The Morgan fingerprint density at radius 3 is 2.96 bits per heavy atom. The van der Waals surface area contributed by atoms with Gasteiger partial charge in [-0.15, -0.1) is 0 Å². The maximum Gasteiger partial charge on any atom is 0.417 e. The highest BCUT2D eigenvalue weighted by Gasteiger charge is 2.11. The van der Waals surface area contributed by atoms with E-state index >= 15 is 0 Å². The van der Waals surface area contributed by atoms with Crippen molar-refractivity contribution in [2.75, 3.05) is 5.32 Å². The number of hydrogen-bond acceptors (Lipinski definition) is 4. The van der Waals surface area contributed by atoms with Gasteiger partial charge >= 0.3 is 5.76 Å². The third kappa shape index (κ3) is 2.36. The Labute approximate surface area is 129 Å². The van der Waals surface area contributed by atoms with Gasteiger partial charge in [0.25, 0.3) is 5.91 Å². The summed E-state index contributed by atoms with van der Waals surface area (Å²) in [5, 5.41) is 3.59. The second kappa shape index (κ2) is 5.10. The summed E-state index contributed by atoms with van der Waals surface area (Å²) in [7, 11) is 0. The number of H-pyrrole nitrogens is 1. The molecule has 0 unspecified atom stereocenters. The highest BCUT2D eigenvalue weighted by Crippen LogP contribution is 2.20. The SMILES string of the molecule is O=C(Nc1ccc2[nH]c(=O)oc2c1)c1cccc2ncccc12. The third-order valence-corrected chi connectivity index (χ3v) is 3.57. The molecule has 1 amide bonds. The molecule has 0 radical (unpaired) electrons. The Morgan fingerprint density at radius 2 is 2.04 bits per heavy atom. The number of carbonyl (C=O) groups is 1. The highest BCUT2D eigenvalue weighted by molar-refractivity contribution is 6.12. The zero-order valence-corrected chi connectivity index (χ0v) is 11.9. The fraction of sp³-hybridized carbons (Fsp3) is 0. The minimum Gasteiger partial charge on any atom is -0.408 e. The van der Waals surface area contributed by atoms with Gasteiger partial charge in [0.05, 0.1) is 11.0 Å². The Morgan fingerprint density at radius 1 is 1.13 bits per heavy atom. The Kier molecular flexibility index (Phi) is 2.94. The maximum atomic E-state index is 12.5. The number of anilines is 1. The minimum atomic E-state index is -0.524. The van der Waals surface area contributed by atoms with Gasteiger partial charge in [-0.3, -0.25) is 14.8 Å². The molecule has 0 spiro atoms. The van der Waals surface area contributed by atoms with Gasteiger partial charge in [0.2, 0.25) is 0 Å². The molecule has 0 atom stereocenters. The highest BCUT2D eigenvalue weighted by atomic mass is 16.4. The number of nitrogens with one attached hydrogen (secondary N) is 2. The lowest BCUT2D eigenvalue weighted by atomic mass is 10.1. The van der Waals surface area contributed by atoms with Crippen molar-refractivity contribution >= 4 is 33.6 Å². The standard InChI is InChI=1S/C17H11N3O3/c21-16(12-3-1-5-13-11(12)4-2-8-18-13)19-10-6-7-14-15(9-10)23-17(22)20-14/h1-9H,(H,19,21)(H,20,22). The van der Waals surface area contributed by atoms with Crippen LogP contribution in [0.25, 0.3) is 22.0 Å². The first kappa shape index (κ1) is 13.3. The molecule has 2 aromatic heterocycles. The van der Waals surface area contributed by atoms with Crippen LogP contribution in [0.15, 0.2) is 63.9 Å². The molecule has 0 aliphatic rings. The van der Waals surface area contributed by atoms with E-state index in [1.807, 2.05) is 12.1 Å². The first-order chi connectivity index (χ1) is 11.2. The fourth-order valence-corrected chi connectivity index (χ4v) is 2.52. The minimum absolute atomic E-state index is 0.249. The molecule has 2 N–H and O–H groups in total. The molecule has 6 nitrogen and oxygen atoms in total. The lowest BCUT2D eigenvalue weighted by Crippen LogP contribution is -2.12. The summed E-state index contributed by atoms with van der Waals surface area (Å²) < 4.78 is 4.99. The van der Waals surface area contributed by atoms with Crippen LogP contribution in [-0.4, -0.2) is 15.9 Å². The summed E-state index contributed by atoms with van der Waals surface area (Å²) in [6.07, 6.45) is 1.69. The quantitative estimate of drug-likeness (QED) is 0.596. The monoisotopic (exact) mass is 305 g/mol. The Bertz CT molecular complexity index is 1090. The van der Waals surface area contributed by atoms with Crippen LogP contribution in [0.1, 0.15) is 10.4 Å². The number of amides is 1. The van der Waals surface area contributed by atoms with Gasteiger partial charge in [-0.05, 0) is 30.3 Å². The van der Waals surface area contributed by atoms with Crippen molar-refractivity contribution in [1.82, 2.24) is 9.97 Å². The van der Waals surface area contributed by atoms with Gasteiger partial charge in [0, 0.05) is 28.9 Å². The number of hydrogen-bond donors (Lipinski definition) is 2. The van der Waals surface area contributed by atoms with Crippen LogP contribution in [0.2, 0.25) is 0 Å². The van der Waals surface area contributed by atoms with Crippen LogP contribution in [0.4, 0.5) is 5.69 Å². The van der Waals surface area contributed by atoms with E-state index in [4.69, 9.17) is 4.42 Å². The lowest BCUT2D eigenvalue weighted by Gasteiger charge is -2.07. The van der Waals surface area contributed by atoms with Crippen LogP contribution >= 0.6 is 0 Å². The second-order valence-electron chi connectivity index (χ2n) is 5.06. The largest absolute Gasteiger partial charge is 0.417 e. The number of benzene rings is 2. The van der Waals surface area contributed by atoms with E-state index in [9.17, 15) is 9.59 Å². The molecule has 112 valence electrons. The van der Waals surface area contributed by atoms with E-state index in [0.29, 0.717) is 22.4 Å². The summed E-state index contributed by atoms with van der Waals surface area (Å²) in [6, 6.07) is 14.0. The summed E-state index contributed by atoms with van der Waals surface area (Å²) >= 11 is 0. The predicted molar refractivity (Wildman–Crippen MR) is 86.5 cm³/mol. The molecule has 2 heterocycles. The summed E-state index contributed by atoms with van der Waals surface area (Å²) in [4.78, 5) is 30.5. The van der Waals surface area contributed by atoms with E-state index in [1.165, 1.54) is 0 Å². The average molecular weight is 305 g/mol. The van der Waals surface area contributed by atoms with E-state index < -0.39 is 5.76 Å². The smallest absolute Gasteiger partial charge is 0.408 e. The molecule has 0 fully saturated rings. The zero-order valence-electron chi connectivity index (χ0n) is 11.9. The number of aromatic amines is 1. The third-order valence-electron chi connectivity index (χ3n) is 3.57. The normalized spacial score (nSPS) is 11.0. The molecule has 6 heteroatoms. The van der Waals surface area contributed by atoms with Crippen molar-refractivity contribution in [3.05, 3.63) is 70.8 Å². The van der Waals surface area contributed by atoms with Crippen LogP contribution in [0.3, 0.4) is 0 Å². The number of oxazole rings is 1. The van der Waals surface area contributed by atoms with E-state index in [2.05, 4.69) is 15.3 Å². The summed E-state index contributed by atoms with van der Waals surface area (Å²) in [5.41, 5.74) is 2.82. The number of rotatable bonds is 2. The van der Waals surface area contributed by atoms with Gasteiger partial charge in [0.1, 0.15) is 0 Å². The van der Waals surface area contributed by atoms with Gasteiger partial charge in [-0.1, -0.05) is 12.1 Å². The molecule has 23 heavy (non-hydrogen) atoms. The molecule has 4 rings (SSSR count). The van der Waals surface area contributed by atoms with Crippen molar-refractivity contribution in [2.45, 2.75) is 0 Å². The predicted octanol–water partition coefficient (Wildman–Crippen LogP) is 2.92. The number of fused-ring (bicyclic) bond motifs is 2. The Hall–Kier alpha value is -3.41.